The lowest BCUT2D eigenvalue weighted by Crippen LogP contribution is -2.28. The third-order valence-electron chi connectivity index (χ3n) is 2.82. The Hall–Kier alpha value is -1.94. The highest BCUT2D eigenvalue weighted by Gasteiger charge is 2.21. The summed E-state index contributed by atoms with van der Waals surface area (Å²) < 4.78 is 16.7. The van der Waals surface area contributed by atoms with E-state index in [-0.39, 0.29) is 12.1 Å². The van der Waals surface area contributed by atoms with Crippen molar-refractivity contribution in [1.82, 2.24) is 0 Å². The van der Waals surface area contributed by atoms with Crippen LogP contribution in [-0.2, 0) is 0 Å². The fourth-order valence-electron chi connectivity index (χ4n) is 1.85. The Morgan fingerprint density at radius 1 is 1.16 bits per heavy atom. The lowest BCUT2D eigenvalue weighted by molar-refractivity contribution is 0.151. The Morgan fingerprint density at radius 2 is 1.89 bits per heavy atom. The van der Waals surface area contributed by atoms with E-state index in [9.17, 15) is 0 Å². The number of ether oxygens (including phenoxy) is 2. The average molecular weight is 261 g/mol. The molecule has 0 saturated heterocycles. The molecule has 0 spiro atoms. The Kier molecular flexibility index (Phi) is 4.12. The highest BCUT2D eigenvalue weighted by atomic mass is 16.5. The fraction of sp³-hybridized carbons (Fsp3) is 0.333. The van der Waals surface area contributed by atoms with E-state index in [2.05, 4.69) is 0 Å². The average Bonchev–Trinajstić information content (AvgIpc) is 2.82. The lowest BCUT2D eigenvalue weighted by Gasteiger charge is -2.20. The Bertz CT molecular complexity index is 534. The summed E-state index contributed by atoms with van der Waals surface area (Å²) in [5.74, 6) is 3.03. The topological polar surface area (TPSA) is 57.6 Å². The smallest absolute Gasteiger partial charge is 0.171 e. The second-order valence-corrected chi connectivity index (χ2v) is 4.52. The molecule has 2 rings (SSSR count). The van der Waals surface area contributed by atoms with Crippen molar-refractivity contribution in [3.05, 3.63) is 47.9 Å². The van der Waals surface area contributed by atoms with Crippen molar-refractivity contribution < 1.29 is 13.9 Å². The predicted octanol–water partition coefficient (Wildman–Crippen LogP) is 3.06. The van der Waals surface area contributed by atoms with Gasteiger partial charge in [-0.3, -0.25) is 0 Å². The molecular weight excluding hydrogens is 242 g/mol. The van der Waals surface area contributed by atoms with Gasteiger partial charge in [-0.15, -0.1) is 0 Å². The maximum Gasteiger partial charge on any atom is 0.171 e. The van der Waals surface area contributed by atoms with Crippen LogP contribution in [0.5, 0.6) is 11.5 Å². The first-order valence-electron chi connectivity index (χ1n) is 6.23. The van der Waals surface area contributed by atoms with Gasteiger partial charge in [0.2, 0.25) is 0 Å². The van der Waals surface area contributed by atoms with Gasteiger partial charge in [0.05, 0.1) is 7.11 Å². The van der Waals surface area contributed by atoms with Crippen molar-refractivity contribution in [3.63, 3.8) is 0 Å². The van der Waals surface area contributed by atoms with Gasteiger partial charge in [-0.2, -0.15) is 0 Å². The largest absolute Gasteiger partial charge is 0.497 e. The van der Waals surface area contributed by atoms with Crippen LogP contribution in [0.2, 0.25) is 0 Å². The summed E-state index contributed by atoms with van der Waals surface area (Å²) in [5.41, 5.74) is 5.98. The summed E-state index contributed by atoms with van der Waals surface area (Å²) in [4.78, 5) is 0. The molecule has 0 aliphatic carbocycles. The lowest BCUT2D eigenvalue weighted by atomic mass is 10.1. The molecule has 0 aliphatic heterocycles. The first-order valence-corrected chi connectivity index (χ1v) is 6.23. The maximum absolute atomic E-state index is 5.98. The van der Waals surface area contributed by atoms with Gasteiger partial charge in [0.15, 0.2) is 6.10 Å². The first kappa shape index (κ1) is 13.5. The number of furan rings is 1. The molecule has 4 heteroatoms. The Labute approximate surface area is 113 Å². The van der Waals surface area contributed by atoms with Crippen LogP contribution in [0.4, 0.5) is 0 Å². The van der Waals surface area contributed by atoms with Crippen molar-refractivity contribution in [2.75, 3.05) is 7.11 Å². The zero-order valence-electron chi connectivity index (χ0n) is 11.4. The minimum Gasteiger partial charge on any atom is -0.497 e. The number of aryl methyl sites for hydroxylation is 1. The normalized spacial score (nSPS) is 13.9. The molecule has 0 fully saturated rings. The fourth-order valence-corrected chi connectivity index (χ4v) is 1.85. The van der Waals surface area contributed by atoms with Gasteiger partial charge in [0.1, 0.15) is 23.0 Å². The van der Waals surface area contributed by atoms with Crippen LogP contribution in [0.15, 0.2) is 40.8 Å². The van der Waals surface area contributed by atoms with Gasteiger partial charge in [0, 0.05) is 12.1 Å². The van der Waals surface area contributed by atoms with Gasteiger partial charge in [-0.05, 0) is 38.1 Å². The van der Waals surface area contributed by atoms with Gasteiger partial charge in [-0.25, -0.2) is 0 Å². The second kappa shape index (κ2) is 5.80. The molecule has 2 atom stereocenters. The standard InChI is InChI=1S/C15H19NO3/c1-10-7-8-14(18-10)15(11(2)16)19-13-6-4-5-12(9-13)17-3/h4-9,11,15H,16H2,1-3H3. The summed E-state index contributed by atoms with van der Waals surface area (Å²) in [5, 5.41) is 0. The monoisotopic (exact) mass is 261 g/mol. The van der Waals surface area contributed by atoms with E-state index in [4.69, 9.17) is 19.6 Å². The van der Waals surface area contributed by atoms with Gasteiger partial charge < -0.3 is 19.6 Å². The molecule has 2 N–H and O–H groups in total. The van der Waals surface area contributed by atoms with E-state index in [1.165, 1.54) is 0 Å². The number of benzene rings is 1. The van der Waals surface area contributed by atoms with E-state index in [0.717, 1.165) is 17.3 Å². The number of hydrogen-bond donors (Lipinski definition) is 1. The van der Waals surface area contributed by atoms with E-state index < -0.39 is 0 Å². The SMILES string of the molecule is COc1cccc(OC(c2ccc(C)o2)C(C)N)c1. The molecule has 1 heterocycles. The molecule has 0 aliphatic rings. The summed E-state index contributed by atoms with van der Waals surface area (Å²) >= 11 is 0. The molecule has 0 amide bonds. The van der Waals surface area contributed by atoms with E-state index in [1.54, 1.807) is 7.11 Å². The van der Waals surface area contributed by atoms with Crippen molar-refractivity contribution in [3.8, 4) is 11.5 Å². The summed E-state index contributed by atoms with van der Waals surface area (Å²) in [6.07, 6.45) is -0.319. The summed E-state index contributed by atoms with van der Waals surface area (Å²) in [6.45, 7) is 3.79. The van der Waals surface area contributed by atoms with Crippen LogP contribution in [0.3, 0.4) is 0 Å². The zero-order chi connectivity index (χ0) is 13.8. The summed E-state index contributed by atoms with van der Waals surface area (Å²) in [6, 6.07) is 11.0. The minimum atomic E-state index is -0.319. The van der Waals surface area contributed by atoms with Crippen LogP contribution in [0.25, 0.3) is 0 Å². The van der Waals surface area contributed by atoms with Crippen LogP contribution < -0.4 is 15.2 Å². The van der Waals surface area contributed by atoms with Gasteiger partial charge >= 0.3 is 0 Å². The molecular formula is C15H19NO3. The van der Waals surface area contributed by atoms with Gasteiger partial charge in [0.25, 0.3) is 0 Å². The Balaban J connectivity index is 2.21. The zero-order valence-corrected chi connectivity index (χ0v) is 11.4. The van der Waals surface area contributed by atoms with Crippen LogP contribution in [-0.4, -0.2) is 13.2 Å². The Morgan fingerprint density at radius 3 is 2.47 bits per heavy atom. The third-order valence-corrected chi connectivity index (χ3v) is 2.82. The molecule has 0 saturated carbocycles. The summed E-state index contributed by atoms with van der Waals surface area (Å²) in [7, 11) is 1.62. The van der Waals surface area contributed by atoms with Crippen LogP contribution in [0.1, 0.15) is 24.5 Å². The predicted molar refractivity (Wildman–Crippen MR) is 73.5 cm³/mol. The highest BCUT2D eigenvalue weighted by molar-refractivity contribution is 5.33. The third kappa shape index (κ3) is 3.29. The first-order chi connectivity index (χ1) is 9.10. The molecule has 2 aromatic rings. The maximum atomic E-state index is 5.98. The van der Waals surface area contributed by atoms with E-state index in [0.29, 0.717) is 5.75 Å². The highest BCUT2D eigenvalue weighted by Crippen LogP contribution is 2.27. The quantitative estimate of drug-likeness (QED) is 0.898. The molecule has 2 unspecified atom stereocenters. The van der Waals surface area contributed by atoms with Gasteiger partial charge in [-0.1, -0.05) is 6.07 Å². The molecule has 0 bridgehead atoms. The number of methoxy groups -OCH3 is 1. The van der Waals surface area contributed by atoms with Crippen molar-refractivity contribution >= 4 is 0 Å². The molecule has 1 aromatic heterocycles. The second-order valence-electron chi connectivity index (χ2n) is 4.52. The van der Waals surface area contributed by atoms with Crippen LogP contribution >= 0.6 is 0 Å². The molecule has 4 nitrogen and oxygen atoms in total. The van der Waals surface area contributed by atoms with E-state index in [1.807, 2.05) is 50.2 Å². The van der Waals surface area contributed by atoms with E-state index >= 15 is 0 Å². The van der Waals surface area contributed by atoms with Crippen molar-refractivity contribution in [1.29, 1.82) is 0 Å². The molecule has 102 valence electrons. The molecule has 0 radical (unpaired) electrons. The minimum absolute atomic E-state index is 0.184. The number of nitrogens with two attached hydrogens (primary N) is 1. The van der Waals surface area contributed by atoms with Crippen LogP contribution in [0, 0.1) is 6.92 Å². The van der Waals surface area contributed by atoms with Crippen molar-refractivity contribution in [2.45, 2.75) is 26.0 Å². The molecule has 1 aromatic carbocycles. The van der Waals surface area contributed by atoms with Crippen molar-refractivity contribution in [2.24, 2.45) is 5.73 Å². The number of rotatable bonds is 5. The molecule has 19 heavy (non-hydrogen) atoms. The number of hydrogen-bond acceptors (Lipinski definition) is 4.